The third kappa shape index (κ3) is 4.89. The quantitative estimate of drug-likeness (QED) is 0.166. The molecule has 0 spiro atoms. The van der Waals surface area contributed by atoms with Crippen molar-refractivity contribution in [3.8, 4) is 33.4 Å². The van der Waals surface area contributed by atoms with Crippen molar-refractivity contribution in [1.29, 1.82) is 0 Å². The van der Waals surface area contributed by atoms with Crippen molar-refractivity contribution >= 4 is 76.4 Å². The zero-order chi connectivity index (χ0) is 36.5. The van der Waals surface area contributed by atoms with Gasteiger partial charge < -0.3 is 9.32 Å². The van der Waals surface area contributed by atoms with Gasteiger partial charge in [0.2, 0.25) is 0 Å². The first-order chi connectivity index (χ1) is 27.2. The summed E-state index contributed by atoms with van der Waals surface area (Å²) in [5.74, 6) is 0. The zero-order valence-corrected chi connectivity index (χ0v) is 30.3. The number of hydrogen-bond acceptors (Lipinski definition) is 2. The molecule has 0 radical (unpaired) electrons. The number of para-hydroxylation sites is 2. The van der Waals surface area contributed by atoms with Gasteiger partial charge in [-0.1, -0.05) is 170 Å². The van der Waals surface area contributed by atoms with Crippen LogP contribution in [0.5, 0.6) is 0 Å². The number of rotatable bonds is 5. The van der Waals surface area contributed by atoms with Gasteiger partial charge in [0.15, 0.2) is 5.58 Å². The van der Waals surface area contributed by atoms with Crippen molar-refractivity contribution in [1.82, 2.24) is 0 Å². The molecule has 0 N–H and O–H groups in total. The van der Waals surface area contributed by atoms with E-state index in [4.69, 9.17) is 4.42 Å². The molecular formula is C53H35NO. The molecule has 0 bridgehead atoms. The van der Waals surface area contributed by atoms with Crippen LogP contribution < -0.4 is 4.90 Å². The maximum atomic E-state index is 6.92. The van der Waals surface area contributed by atoms with Gasteiger partial charge in [-0.2, -0.15) is 0 Å². The molecule has 0 amide bonds. The van der Waals surface area contributed by atoms with Crippen molar-refractivity contribution in [2.75, 3.05) is 11.9 Å². The molecule has 55 heavy (non-hydrogen) atoms. The molecule has 11 aromatic rings. The molecule has 0 unspecified atom stereocenters. The second-order valence-electron chi connectivity index (χ2n) is 14.4. The molecule has 0 saturated carbocycles. The van der Waals surface area contributed by atoms with Gasteiger partial charge in [-0.05, 0) is 95.2 Å². The topological polar surface area (TPSA) is 16.4 Å². The van der Waals surface area contributed by atoms with Crippen LogP contribution in [0, 0.1) is 0 Å². The molecule has 11 rings (SSSR count). The lowest BCUT2D eigenvalue weighted by molar-refractivity contribution is 0.669. The van der Waals surface area contributed by atoms with Crippen LogP contribution >= 0.6 is 0 Å². The normalized spacial score (nSPS) is 11.7. The van der Waals surface area contributed by atoms with E-state index in [1.54, 1.807) is 0 Å². The molecule has 0 aliphatic rings. The Morgan fingerprint density at radius 2 is 0.909 bits per heavy atom. The minimum absolute atomic E-state index is 0.876. The van der Waals surface area contributed by atoms with Crippen molar-refractivity contribution in [3.05, 3.63) is 194 Å². The van der Waals surface area contributed by atoms with Crippen molar-refractivity contribution in [3.63, 3.8) is 0 Å². The maximum Gasteiger partial charge on any atom is 0.159 e. The summed E-state index contributed by atoms with van der Waals surface area (Å²) in [5.41, 5.74) is 11.1. The molecule has 0 saturated heterocycles. The molecule has 0 aliphatic heterocycles. The fourth-order valence-electron chi connectivity index (χ4n) is 8.94. The van der Waals surface area contributed by atoms with Gasteiger partial charge >= 0.3 is 0 Å². The fraction of sp³-hybridized carbons (Fsp3) is 0.0189. The second kappa shape index (κ2) is 12.5. The van der Waals surface area contributed by atoms with Crippen LogP contribution in [0.15, 0.2) is 199 Å². The lowest BCUT2D eigenvalue weighted by Crippen LogP contribution is -2.11. The monoisotopic (exact) mass is 701 g/mol. The molecule has 2 nitrogen and oxygen atoms in total. The Morgan fingerprint density at radius 1 is 0.364 bits per heavy atom. The van der Waals surface area contributed by atoms with E-state index in [0.29, 0.717) is 0 Å². The van der Waals surface area contributed by atoms with E-state index in [0.717, 1.165) is 38.9 Å². The van der Waals surface area contributed by atoms with Gasteiger partial charge in [0.1, 0.15) is 5.58 Å². The van der Waals surface area contributed by atoms with Crippen LogP contribution in [-0.4, -0.2) is 7.05 Å². The van der Waals surface area contributed by atoms with E-state index in [-0.39, 0.29) is 0 Å². The third-order valence-electron chi connectivity index (χ3n) is 11.5. The number of benzene rings is 10. The number of fused-ring (bicyclic) bond motifs is 7. The largest absolute Gasteiger partial charge is 0.454 e. The number of furan rings is 1. The number of hydrogen-bond donors (Lipinski definition) is 0. The molecule has 258 valence electrons. The van der Waals surface area contributed by atoms with E-state index in [2.05, 4.69) is 206 Å². The Kier molecular flexibility index (Phi) is 7.11. The SMILES string of the molecule is CN(c1ccccc1-c1ccc2ccccc2c1)c1ccc(-c2c3ccccc3c(-c3cccc4ccccc34)c3ccccc23)c2c1oc1ccccc12. The highest BCUT2D eigenvalue weighted by atomic mass is 16.3. The first-order valence-electron chi connectivity index (χ1n) is 18.9. The van der Waals surface area contributed by atoms with E-state index < -0.39 is 0 Å². The van der Waals surface area contributed by atoms with Crippen molar-refractivity contribution < 1.29 is 4.42 Å². The summed E-state index contributed by atoms with van der Waals surface area (Å²) in [6, 6.07) is 70.2. The predicted octanol–water partition coefficient (Wildman–Crippen LogP) is 15.0. The summed E-state index contributed by atoms with van der Waals surface area (Å²) in [5, 5.41) is 12.1. The van der Waals surface area contributed by atoms with Crippen LogP contribution in [0.1, 0.15) is 0 Å². The minimum Gasteiger partial charge on any atom is -0.454 e. The van der Waals surface area contributed by atoms with Crippen LogP contribution in [0.3, 0.4) is 0 Å². The molecule has 1 heterocycles. The maximum absolute atomic E-state index is 6.92. The molecule has 0 aliphatic carbocycles. The highest BCUT2D eigenvalue weighted by Crippen LogP contribution is 2.50. The molecule has 1 aromatic heterocycles. The van der Waals surface area contributed by atoms with Crippen LogP contribution in [0.4, 0.5) is 11.4 Å². The lowest BCUT2D eigenvalue weighted by Gasteiger charge is -2.24. The Labute approximate surface area is 319 Å². The van der Waals surface area contributed by atoms with E-state index >= 15 is 0 Å². The lowest BCUT2D eigenvalue weighted by atomic mass is 9.84. The van der Waals surface area contributed by atoms with Gasteiger partial charge in [-0.15, -0.1) is 0 Å². The molecule has 0 atom stereocenters. The Bertz CT molecular complexity index is 3230. The summed E-state index contributed by atoms with van der Waals surface area (Å²) in [7, 11) is 2.16. The summed E-state index contributed by atoms with van der Waals surface area (Å²) >= 11 is 0. The first kappa shape index (κ1) is 31.4. The number of anilines is 2. The van der Waals surface area contributed by atoms with E-state index in [1.807, 2.05) is 0 Å². The standard InChI is InChI=1S/C53H35NO/c1-54(47-27-12-10-20-39(47)37-30-29-34-15-2-3-17-36(34)33-37)48-32-31-46(52-45-25-11-13-28-49(45)55-53(48)52)51-43-23-8-6-21-41(43)50(42-22-7-9-24-44(42)51)40-26-14-18-35-16-4-5-19-38(35)40/h2-33H,1H3. The average molecular weight is 702 g/mol. The van der Waals surface area contributed by atoms with Gasteiger partial charge in [-0.3, -0.25) is 0 Å². The smallest absolute Gasteiger partial charge is 0.159 e. The van der Waals surface area contributed by atoms with Gasteiger partial charge in [0.05, 0.1) is 5.69 Å². The first-order valence-corrected chi connectivity index (χ1v) is 18.9. The van der Waals surface area contributed by atoms with Crippen molar-refractivity contribution in [2.45, 2.75) is 0 Å². The highest BCUT2D eigenvalue weighted by Gasteiger charge is 2.24. The predicted molar refractivity (Wildman–Crippen MR) is 235 cm³/mol. The van der Waals surface area contributed by atoms with Gasteiger partial charge in [-0.25, -0.2) is 0 Å². The van der Waals surface area contributed by atoms with Crippen LogP contribution in [0.25, 0.3) is 98.4 Å². The van der Waals surface area contributed by atoms with E-state index in [9.17, 15) is 0 Å². The van der Waals surface area contributed by atoms with Crippen LogP contribution in [-0.2, 0) is 0 Å². The summed E-state index contributed by atoms with van der Waals surface area (Å²) in [6.45, 7) is 0. The second-order valence-corrected chi connectivity index (χ2v) is 14.4. The zero-order valence-electron chi connectivity index (χ0n) is 30.3. The molecule has 0 fully saturated rings. The summed E-state index contributed by atoms with van der Waals surface area (Å²) < 4.78 is 6.92. The molecule has 2 heteroatoms. The van der Waals surface area contributed by atoms with Gasteiger partial charge in [0, 0.05) is 29.1 Å². The highest BCUT2D eigenvalue weighted by molar-refractivity contribution is 6.27. The van der Waals surface area contributed by atoms with Crippen molar-refractivity contribution in [2.24, 2.45) is 0 Å². The van der Waals surface area contributed by atoms with Crippen LogP contribution in [0.2, 0.25) is 0 Å². The Balaban J connectivity index is 1.18. The third-order valence-corrected chi connectivity index (χ3v) is 11.5. The molecule has 10 aromatic carbocycles. The fourth-order valence-corrected chi connectivity index (χ4v) is 8.94. The minimum atomic E-state index is 0.876. The summed E-state index contributed by atoms with van der Waals surface area (Å²) in [4.78, 5) is 2.29. The summed E-state index contributed by atoms with van der Waals surface area (Å²) in [6.07, 6.45) is 0. The van der Waals surface area contributed by atoms with Gasteiger partial charge in [0.25, 0.3) is 0 Å². The Hall–Kier alpha value is -7.16. The number of nitrogens with zero attached hydrogens (tertiary/aromatic N) is 1. The average Bonchev–Trinajstić information content (AvgIpc) is 3.65. The van der Waals surface area contributed by atoms with E-state index in [1.165, 1.54) is 70.9 Å². The molecular weight excluding hydrogens is 667 g/mol. The Morgan fingerprint density at radius 3 is 1.65 bits per heavy atom.